The van der Waals surface area contributed by atoms with Crippen LogP contribution in [0.4, 0.5) is 5.69 Å². The molecule has 2 aromatic heterocycles. The van der Waals surface area contributed by atoms with Crippen molar-refractivity contribution in [2.75, 3.05) is 24.3 Å². The Balaban J connectivity index is 1.26. The van der Waals surface area contributed by atoms with Gasteiger partial charge in [0.05, 0.1) is 11.3 Å². The van der Waals surface area contributed by atoms with Crippen LogP contribution in [0.2, 0.25) is 0 Å². The lowest BCUT2D eigenvalue weighted by atomic mass is 10.2. The minimum absolute atomic E-state index is 0.0933. The minimum atomic E-state index is -0.0933. The number of benzene rings is 2. The first kappa shape index (κ1) is 19.5. The Kier molecular flexibility index (Phi) is 5.50. The number of carbonyl (C=O) groups is 1. The number of ether oxygens (including phenoxy) is 2. The van der Waals surface area contributed by atoms with Crippen molar-refractivity contribution in [1.29, 1.82) is 0 Å². The van der Waals surface area contributed by atoms with Crippen LogP contribution in [0, 0.1) is 0 Å². The molecular formula is C24H21N3O3S. The van der Waals surface area contributed by atoms with Crippen LogP contribution in [-0.4, -0.2) is 34.4 Å². The van der Waals surface area contributed by atoms with Gasteiger partial charge in [-0.15, -0.1) is 0 Å². The molecule has 31 heavy (non-hydrogen) atoms. The van der Waals surface area contributed by atoms with E-state index < -0.39 is 0 Å². The third-order valence-electron chi connectivity index (χ3n) is 5.02. The Morgan fingerprint density at radius 1 is 1.03 bits per heavy atom. The van der Waals surface area contributed by atoms with Crippen LogP contribution in [-0.2, 0) is 11.3 Å². The molecule has 6 nitrogen and oxygen atoms in total. The van der Waals surface area contributed by atoms with Gasteiger partial charge in [0, 0.05) is 36.1 Å². The van der Waals surface area contributed by atoms with Gasteiger partial charge in [0.2, 0.25) is 5.91 Å². The maximum Gasteiger partial charge on any atom is 0.234 e. The number of hydrogen-bond donors (Lipinski definition) is 1. The van der Waals surface area contributed by atoms with E-state index in [9.17, 15) is 4.79 Å². The van der Waals surface area contributed by atoms with E-state index in [1.54, 1.807) is 12.3 Å². The average Bonchev–Trinajstić information content (AvgIpc) is 3.21. The van der Waals surface area contributed by atoms with Gasteiger partial charge in [-0.05, 0) is 29.8 Å². The fourth-order valence-corrected chi connectivity index (χ4v) is 4.38. The van der Waals surface area contributed by atoms with Gasteiger partial charge in [0.1, 0.15) is 18.2 Å². The summed E-state index contributed by atoms with van der Waals surface area (Å²) < 4.78 is 13.3. The lowest BCUT2D eigenvalue weighted by Gasteiger charge is -2.19. The van der Waals surface area contributed by atoms with E-state index in [4.69, 9.17) is 9.47 Å². The highest BCUT2D eigenvalue weighted by Crippen LogP contribution is 2.33. The quantitative estimate of drug-likeness (QED) is 0.453. The summed E-state index contributed by atoms with van der Waals surface area (Å²) in [5, 5.41) is 4.82. The molecule has 1 N–H and O–H groups in total. The maximum absolute atomic E-state index is 12.5. The highest BCUT2D eigenvalue weighted by molar-refractivity contribution is 8.00. The second-order valence-corrected chi connectivity index (χ2v) is 8.14. The van der Waals surface area contributed by atoms with E-state index in [1.807, 2.05) is 36.4 Å². The molecule has 4 aromatic rings. The van der Waals surface area contributed by atoms with E-state index in [1.165, 1.54) is 17.3 Å². The molecule has 1 aliphatic heterocycles. The van der Waals surface area contributed by atoms with Gasteiger partial charge >= 0.3 is 0 Å². The van der Waals surface area contributed by atoms with Gasteiger partial charge in [-0.25, -0.2) is 4.98 Å². The number of carbonyl (C=O) groups excluding carboxylic acids is 1. The van der Waals surface area contributed by atoms with Crippen molar-refractivity contribution < 1.29 is 14.3 Å². The van der Waals surface area contributed by atoms with Crippen LogP contribution in [0.3, 0.4) is 0 Å². The number of fused-ring (bicyclic) bond motifs is 2. The number of anilines is 1. The lowest BCUT2D eigenvalue weighted by molar-refractivity contribution is -0.113. The molecule has 0 fully saturated rings. The van der Waals surface area contributed by atoms with Crippen LogP contribution in [0.5, 0.6) is 11.5 Å². The lowest BCUT2D eigenvalue weighted by Crippen LogP contribution is -2.17. The van der Waals surface area contributed by atoms with Gasteiger partial charge in [-0.3, -0.25) is 4.79 Å². The first-order valence-electron chi connectivity index (χ1n) is 10.1. The van der Waals surface area contributed by atoms with E-state index in [-0.39, 0.29) is 11.7 Å². The molecule has 0 bridgehead atoms. The zero-order chi connectivity index (χ0) is 21.0. The molecule has 5 rings (SSSR count). The molecule has 0 aliphatic carbocycles. The standard InChI is InChI=1S/C24H21N3O3S/c28-23(26-18-6-7-21-22(14-18)30-13-12-29-21)16-31-24-19-9-11-27(20(19)8-10-25-24)15-17-4-2-1-3-5-17/h1-11,14H,12-13,15-16H2,(H,26,28). The Labute approximate surface area is 184 Å². The SMILES string of the molecule is O=C(CSc1nccc2c1ccn2Cc1ccccc1)Nc1ccc2c(c1)OCCO2. The summed E-state index contributed by atoms with van der Waals surface area (Å²) in [6.45, 7) is 1.85. The van der Waals surface area contributed by atoms with Gasteiger partial charge < -0.3 is 19.4 Å². The van der Waals surface area contributed by atoms with E-state index >= 15 is 0 Å². The van der Waals surface area contributed by atoms with Crippen LogP contribution < -0.4 is 14.8 Å². The highest BCUT2D eigenvalue weighted by Gasteiger charge is 2.14. The topological polar surface area (TPSA) is 65.4 Å². The Morgan fingerprint density at radius 3 is 2.74 bits per heavy atom. The summed E-state index contributed by atoms with van der Waals surface area (Å²) in [4.78, 5) is 17.0. The van der Waals surface area contributed by atoms with Crippen LogP contribution in [0.1, 0.15) is 5.56 Å². The number of hydrogen-bond acceptors (Lipinski definition) is 5. The molecule has 7 heteroatoms. The molecule has 1 amide bonds. The summed E-state index contributed by atoms with van der Waals surface area (Å²) in [6.07, 6.45) is 3.86. The predicted molar refractivity (Wildman–Crippen MR) is 122 cm³/mol. The Hall–Kier alpha value is -3.45. The number of aromatic nitrogens is 2. The molecule has 156 valence electrons. The number of rotatable bonds is 6. The number of pyridine rings is 1. The molecular weight excluding hydrogens is 410 g/mol. The number of nitrogens with one attached hydrogen (secondary N) is 1. The second kappa shape index (κ2) is 8.73. The van der Waals surface area contributed by atoms with Crippen molar-refractivity contribution in [1.82, 2.24) is 9.55 Å². The molecule has 0 unspecified atom stereocenters. The Morgan fingerprint density at radius 2 is 1.87 bits per heavy atom. The maximum atomic E-state index is 12.5. The van der Waals surface area contributed by atoms with E-state index in [0.29, 0.717) is 30.4 Å². The number of amides is 1. The summed E-state index contributed by atoms with van der Waals surface area (Å²) in [7, 11) is 0. The fourth-order valence-electron chi connectivity index (χ4n) is 3.58. The van der Waals surface area contributed by atoms with Crippen molar-refractivity contribution in [3.63, 3.8) is 0 Å². The summed E-state index contributed by atoms with van der Waals surface area (Å²) in [5.41, 5.74) is 3.04. The van der Waals surface area contributed by atoms with Gasteiger partial charge in [0.15, 0.2) is 11.5 Å². The van der Waals surface area contributed by atoms with E-state index in [2.05, 4.69) is 39.3 Å². The molecule has 0 atom stereocenters. The minimum Gasteiger partial charge on any atom is -0.486 e. The number of nitrogens with zero attached hydrogens (tertiary/aromatic N) is 2. The Bertz CT molecular complexity index is 1220. The molecule has 3 heterocycles. The van der Waals surface area contributed by atoms with Crippen molar-refractivity contribution in [2.24, 2.45) is 0 Å². The second-order valence-electron chi connectivity index (χ2n) is 7.17. The van der Waals surface area contributed by atoms with Crippen molar-refractivity contribution in [3.8, 4) is 11.5 Å². The molecule has 0 spiro atoms. The zero-order valence-corrected chi connectivity index (χ0v) is 17.6. The molecule has 0 saturated heterocycles. The van der Waals surface area contributed by atoms with Gasteiger partial charge in [0.25, 0.3) is 0 Å². The van der Waals surface area contributed by atoms with Crippen molar-refractivity contribution in [3.05, 3.63) is 78.6 Å². The fraction of sp³-hybridized carbons (Fsp3) is 0.167. The summed E-state index contributed by atoms with van der Waals surface area (Å²) in [5.74, 6) is 1.53. The zero-order valence-electron chi connectivity index (χ0n) is 16.8. The van der Waals surface area contributed by atoms with Crippen LogP contribution in [0.15, 0.2) is 78.1 Å². The van der Waals surface area contributed by atoms with E-state index in [0.717, 1.165) is 22.5 Å². The summed E-state index contributed by atoms with van der Waals surface area (Å²) >= 11 is 1.43. The smallest absolute Gasteiger partial charge is 0.234 e. The molecule has 0 radical (unpaired) electrons. The average molecular weight is 432 g/mol. The first-order chi connectivity index (χ1) is 15.3. The van der Waals surface area contributed by atoms with Gasteiger partial charge in [-0.1, -0.05) is 42.1 Å². The van der Waals surface area contributed by atoms with Crippen LogP contribution >= 0.6 is 11.8 Å². The van der Waals surface area contributed by atoms with Crippen LogP contribution in [0.25, 0.3) is 10.9 Å². The highest BCUT2D eigenvalue weighted by atomic mass is 32.2. The molecule has 0 saturated carbocycles. The largest absolute Gasteiger partial charge is 0.486 e. The molecule has 2 aromatic carbocycles. The third kappa shape index (κ3) is 4.36. The molecule has 1 aliphatic rings. The normalized spacial score (nSPS) is 12.6. The third-order valence-corrected chi connectivity index (χ3v) is 6.03. The monoisotopic (exact) mass is 431 g/mol. The van der Waals surface area contributed by atoms with Gasteiger partial charge in [-0.2, -0.15) is 0 Å². The van der Waals surface area contributed by atoms with Crippen molar-refractivity contribution in [2.45, 2.75) is 11.6 Å². The first-order valence-corrected chi connectivity index (χ1v) is 11.0. The number of thioether (sulfide) groups is 1. The summed E-state index contributed by atoms with van der Waals surface area (Å²) in [6, 6.07) is 19.8. The predicted octanol–water partition coefficient (Wildman–Crippen LogP) is 4.59. The van der Waals surface area contributed by atoms with Crippen molar-refractivity contribution >= 4 is 34.3 Å².